The zero-order valence-electron chi connectivity index (χ0n) is 8.53. The molecule has 0 spiro atoms. The van der Waals surface area contributed by atoms with Crippen molar-refractivity contribution in [1.29, 1.82) is 0 Å². The molecule has 1 heterocycles. The summed E-state index contributed by atoms with van der Waals surface area (Å²) < 4.78 is 10.4. The van der Waals surface area contributed by atoms with E-state index in [0.29, 0.717) is 12.2 Å². The highest BCUT2D eigenvalue weighted by Crippen LogP contribution is 2.27. The maximum absolute atomic E-state index is 11.3. The number of esters is 1. The van der Waals surface area contributed by atoms with Gasteiger partial charge in [0, 0.05) is 6.42 Å². The zero-order valence-corrected chi connectivity index (χ0v) is 8.53. The van der Waals surface area contributed by atoms with Crippen LogP contribution in [0.4, 0.5) is 0 Å². The second kappa shape index (κ2) is 4.17. The van der Waals surface area contributed by atoms with Gasteiger partial charge in [0.25, 0.3) is 0 Å². The van der Waals surface area contributed by atoms with Crippen molar-refractivity contribution in [2.24, 2.45) is 0 Å². The van der Waals surface area contributed by atoms with E-state index in [0.717, 1.165) is 17.4 Å². The van der Waals surface area contributed by atoms with Crippen LogP contribution in [0, 0.1) is 0 Å². The first-order chi connectivity index (χ1) is 7.31. The lowest BCUT2D eigenvalue weighted by molar-refractivity contribution is -0.134. The first-order valence-corrected chi connectivity index (χ1v) is 4.98. The van der Waals surface area contributed by atoms with E-state index in [-0.39, 0.29) is 5.97 Å². The Bertz CT molecular complexity index is 470. The highest BCUT2D eigenvalue weighted by Gasteiger charge is 2.09. The van der Waals surface area contributed by atoms with E-state index in [1.165, 1.54) is 6.26 Å². The molecular formula is C12H12O3. The highest BCUT2D eigenvalue weighted by molar-refractivity contribution is 5.86. The fraction of sp³-hybridized carbons (Fsp3) is 0.250. The predicted molar refractivity (Wildman–Crippen MR) is 56.8 cm³/mol. The van der Waals surface area contributed by atoms with Gasteiger partial charge in [0.1, 0.15) is 11.8 Å². The minimum Gasteiger partial charge on any atom is -0.460 e. The molecule has 0 unspecified atom stereocenters. The largest absolute Gasteiger partial charge is 0.460 e. The minimum atomic E-state index is -0.218. The lowest BCUT2D eigenvalue weighted by Crippen LogP contribution is -2.06. The lowest BCUT2D eigenvalue weighted by Gasteiger charge is -1.99. The molecule has 0 atom stereocenters. The number of ether oxygens (including phenoxy) is 1. The fourth-order valence-corrected chi connectivity index (χ4v) is 1.41. The Labute approximate surface area is 87.6 Å². The van der Waals surface area contributed by atoms with Crippen LogP contribution in [0.2, 0.25) is 0 Å². The summed E-state index contributed by atoms with van der Waals surface area (Å²) in [5.74, 6) is 0.285. The third-order valence-corrected chi connectivity index (χ3v) is 2.12. The van der Waals surface area contributed by atoms with Gasteiger partial charge in [-0.3, -0.25) is 4.79 Å². The van der Waals surface area contributed by atoms with Crippen LogP contribution in [-0.2, 0) is 4.79 Å². The average Bonchev–Trinajstić information content (AvgIpc) is 2.62. The molecule has 0 aliphatic rings. The Kier molecular flexibility index (Phi) is 2.72. The quantitative estimate of drug-likeness (QED) is 0.721. The summed E-state index contributed by atoms with van der Waals surface area (Å²) in [6.07, 6.45) is 2.69. The Morgan fingerprint density at radius 1 is 1.40 bits per heavy atom. The number of benzene rings is 1. The van der Waals surface area contributed by atoms with Gasteiger partial charge in [-0.1, -0.05) is 19.1 Å². The first kappa shape index (κ1) is 9.77. The van der Waals surface area contributed by atoms with E-state index in [1.54, 1.807) is 0 Å². The molecule has 0 aliphatic carbocycles. The van der Waals surface area contributed by atoms with Crippen LogP contribution in [0.5, 0.6) is 5.75 Å². The van der Waals surface area contributed by atoms with Gasteiger partial charge >= 0.3 is 5.97 Å². The van der Waals surface area contributed by atoms with Gasteiger partial charge < -0.3 is 9.15 Å². The van der Waals surface area contributed by atoms with Crippen LogP contribution in [0.1, 0.15) is 19.8 Å². The molecule has 78 valence electrons. The summed E-state index contributed by atoms with van der Waals surface area (Å²) in [5.41, 5.74) is 0.733. The number of fused-ring (bicyclic) bond motifs is 1. The van der Waals surface area contributed by atoms with Crippen molar-refractivity contribution in [3.05, 3.63) is 30.5 Å². The van der Waals surface area contributed by atoms with Crippen molar-refractivity contribution in [2.45, 2.75) is 19.8 Å². The summed E-state index contributed by atoms with van der Waals surface area (Å²) in [6, 6.07) is 7.47. The number of rotatable bonds is 3. The number of hydrogen-bond donors (Lipinski definition) is 0. The summed E-state index contributed by atoms with van der Waals surface area (Å²) in [6.45, 7) is 1.94. The normalized spacial score (nSPS) is 10.5. The molecule has 2 aromatic rings. The van der Waals surface area contributed by atoms with E-state index in [2.05, 4.69) is 0 Å². The average molecular weight is 204 g/mol. The van der Waals surface area contributed by atoms with Crippen LogP contribution in [-0.4, -0.2) is 5.97 Å². The molecule has 0 amide bonds. The van der Waals surface area contributed by atoms with E-state index in [9.17, 15) is 4.79 Å². The Morgan fingerprint density at radius 2 is 2.20 bits per heavy atom. The van der Waals surface area contributed by atoms with Gasteiger partial charge in [-0.2, -0.15) is 0 Å². The van der Waals surface area contributed by atoms with Gasteiger partial charge in [0.2, 0.25) is 0 Å². The highest BCUT2D eigenvalue weighted by atomic mass is 16.5. The molecule has 3 nitrogen and oxygen atoms in total. The van der Waals surface area contributed by atoms with Crippen LogP contribution in [0.15, 0.2) is 34.9 Å². The van der Waals surface area contributed by atoms with E-state index < -0.39 is 0 Å². The molecule has 15 heavy (non-hydrogen) atoms. The van der Waals surface area contributed by atoms with Crippen LogP contribution in [0.3, 0.4) is 0 Å². The van der Waals surface area contributed by atoms with Crippen molar-refractivity contribution in [3.8, 4) is 5.75 Å². The Morgan fingerprint density at radius 3 is 3.00 bits per heavy atom. The van der Waals surface area contributed by atoms with Crippen LogP contribution >= 0.6 is 0 Å². The molecule has 1 aromatic carbocycles. The van der Waals surface area contributed by atoms with Crippen LogP contribution in [0.25, 0.3) is 11.0 Å². The number of furan rings is 1. The van der Waals surface area contributed by atoms with Crippen LogP contribution < -0.4 is 4.74 Å². The standard InChI is InChI=1S/C12H12O3/c1-2-5-12(13)15-11-8-14-10-7-4-3-6-9(10)11/h3-4,6-8H,2,5H2,1H3. The Balaban J connectivity index is 2.25. The van der Waals surface area contributed by atoms with Gasteiger partial charge in [-0.25, -0.2) is 0 Å². The van der Waals surface area contributed by atoms with E-state index >= 15 is 0 Å². The minimum absolute atomic E-state index is 0.218. The third-order valence-electron chi connectivity index (χ3n) is 2.12. The van der Waals surface area contributed by atoms with Gasteiger partial charge in [-0.05, 0) is 18.6 Å². The molecule has 2 rings (SSSR count). The molecule has 0 bridgehead atoms. The van der Waals surface area contributed by atoms with Gasteiger partial charge in [0.05, 0.1) is 5.39 Å². The number of para-hydroxylation sites is 1. The Hall–Kier alpha value is -1.77. The van der Waals surface area contributed by atoms with E-state index in [4.69, 9.17) is 9.15 Å². The molecule has 0 fully saturated rings. The summed E-state index contributed by atoms with van der Waals surface area (Å²) in [7, 11) is 0. The zero-order chi connectivity index (χ0) is 10.7. The van der Waals surface area contributed by atoms with Crippen molar-refractivity contribution in [2.75, 3.05) is 0 Å². The maximum atomic E-state index is 11.3. The number of hydrogen-bond acceptors (Lipinski definition) is 3. The number of carbonyl (C=O) groups excluding carboxylic acids is 1. The SMILES string of the molecule is CCCC(=O)Oc1coc2ccccc12. The number of carbonyl (C=O) groups is 1. The van der Waals surface area contributed by atoms with E-state index in [1.807, 2.05) is 31.2 Å². The second-order valence-corrected chi connectivity index (χ2v) is 3.32. The lowest BCUT2D eigenvalue weighted by atomic mass is 10.2. The second-order valence-electron chi connectivity index (χ2n) is 3.32. The fourth-order valence-electron chi connectivity index (χ4n) is 1.41. The van der Waals surface area contributed by atoms with Gasteiger partial charge in [0.15, 0.2) is 5.75 Å². The summed E-state index contributed by atoms with van der Waals surface area (Å²) in [4.78, 5) is 11.3. The van der Waals surface area contributed by atoms with Crippen molar-refractivity contribution in [1.82, 2.24) is 0 Å². The van der Waals surface area contributed by atoms with Crippen molar-refractivity contribution >= 4 is 16.9 Å². The maximum Gasteiger partial charge on any atom is 0.311 e. The molecule has 3 heteroatoms. The van der Waals surface area contributed by atoms with Gasteiger partial charge in [-0.15, -0.1) is 0 Å². The van der Waals surface area contributed by atoms with Crippen molar-refractivity contribution in [3.63, 3.8) is 0 Å². The smallest absolute Gasteiger partial charge is 0.311 e. The molecule has 1 aromatic heterocycles. The molecule has 0 N–H and O–H groups in total. The summed E-state index contributed by atoms with van der Waals surface area (Å²) >= 11 is 0. The molecular weight excluding hydrogens is 192 g/mol. The molecule has 0 radical (unpaired) electrons. The summed E-state index contributed by atoms with van der Waals surface area (Å²) in [5, 5.41) is 0.835. The molecule has 0 aliphatic heterocycles. The van der Waals surface area contributed by atoms with Crippen molar-refractivity contribution < 1.29 is 13.9 Å². The third kappa shape index (κ3) is 2.01. The molecule has 0 saturated carbocycles. The molecule has 0 saturated heterocycles. The monoisotopic (exact) mass is 204 g/mol. The predicted octanol–water partition coefficient (Wildman–Crippen LogP) is 3.14. The first-order valence-electron chi connectivity index (χ1n) is 4.98. The topological polar surface area (TPSA) is 39.4 Å².